The van der Waals surface area contributed by atoms with Crippen LogP contribution in [0.25, 0.3) is 11.3 Å². The first-order valence-corrected chi connectivity index (χ1v) is 10.1. The Morgan fingerprint density at radius 3 is 2.63 bits per heavy atom. The second-order valence-electron chi connectivity index (χ2n) is 7.74. The zero-order valence-corrected chi connectivity index (χ0v) is 15.7. The first-order valence-electron chi connectivity index (χ1n) is 10.1. The maximum absolute atomic E-state index is 14.5. The number of rotatable bonds is 4. The van der Waals surface area contributed by atoms with Crippen molar-refractivity contribution in [3.8, 4) is 11.3 Å². The number of benzene rings is 1. The number of hydrogen-bond donors (Lipinski definition) is 2. The summed E-state index contributed by atoms with van der Waals surface area (Å²) >= 11 is 0. The van der Waals surface area contributed by atoms with Gasteiger partial charge in [0.1, 0.15) is 5.69 Å². The summed E-state index contributed by atoms with van der Waals surface area (Å²) in [6, 6.07) is 8.64. The first-order chi connectivity index (χ1) is 13.2. The van der Waals surface area contributed by atoms with Crippen LogP contribution in [0.5, 0.6) is 0 Å². The van der Waals surface area contributed by atoms with Gasteiger partial charge in [0, 0.05) is 36.4 Å². The Morgan fingerprint density at radius 2 is 1.85 bits per heavy atom. The lowest BCUT2D eigenvalue weighted by Gasteiger charge is -2.29. The van der Waals surface area contributed by atoms with Crippen molar-refractivity contribution in [2.24, 2.45) is 5.73 Å². The van der Waals surface area contributed by atoms with Gasteiger partial charge in [0.15, 0.2) is 5.82 Å². The Bertz CT molecular complexity index is 767. The Labute approximate surface area is 160 Å². The van der Waals surface area contributed by atoms with Crippen molar-refractivity contribution in [2.45, 2.75) is 57.0 Å². The number of nitrogens with two attached hydrogens (primary N) is 1. The van der Waals surface area contributed by atoms with E-state index in [1.807, 2.05) is 18.2 Å². The van der Waals surface area contributed by atoms with Crippen LogP contribution in [0.3, 0.4) is 0 Å². The molecular formula is C21H28FN5. The van der Waals surface area contributed by atoms with E-state index in [-0.39, 0.29) is 5.82 Å². The van der Waals surface area contributed by atoms with E-state index >= 15 is 0 Å². The van der Waals surface area contributed by atoms with Crippen LogP contribution in [0.4, 0.5) is 16.0 Å². The minimum absolute atomic E-state index is 0.297. The van der Waals surface area contributed by atoms with Crippen molar-refractivity contribution in [3.63, 3.8) is 0 Å². The van der Waals surface area contributed by atoms with Gasteiger partial charge in [0.05, 0.1) is 6.20 Å². The quantitative estimate of drug-likeness (QED) is 0.854. The molecule has 1 aliphatic carbocycles. The molecular weight excluding hydrogens is 341 g/mol. The van der Waals surface area contributed by atoms with Gasteiger partial charge in [-0.25, -0.2) is 14.4 Å². The molecule has 2 aliphatic rings. The SMILES string of the molecule is N[C@H]1CC[C@H](Nc2ncc(F)c(-c3cccc(N4CCCCC4)c3)n2)CC1. The van der Waals surface area contributed by atoms with Crippen LogP contribution in [0, 0.1) is 5.82 Å². The molecule has 1 saturated carbocycles. The predicted octanol–water partition coefficient (Wildman–Crippen LogP) is 3.95. The number of nitrogens with zero attached hydrogens (tertiary/aromatic N) is 3. The van der Waals surface area contributed by atoms with Gasteiger partial charge in [-0.3, -0.25) is 0 Å². The fourth-order valence-electron chi connectivity index (χ4n) is 4.09. The number of hydrogen-bond acceptors (Lipinski definition) is 5. The molecule has 4 rings (SSSR count). The maximum Gasteiger partial charge on any atom is 0.223 e. The van der Waals surface area contributed by atoms with E-state index < -0.39 is 0 Å². The van der Waals surface area contributed by atoms with Crippen LogP contribution in [-0.4, -0.2) is 35.1 Å². The maximum atomic E-state index is 14.5. The molecule has 1 aliphatic heterocycles. The van der Waals surface area contributed by atoms with Crippen LogP contribution < -0.4 is 16.0 Å². The highest BCUT2D eigenvalue weighted by Crippen LogP contribution is 2.28. The lowest BCUT2D eigenvalue weighted by atomic mass is 9.92. The number of anilines is 2. The smallest absolute Gasteiger partial charge is 0.223 e. The largest absolute Gasteiger partial charge is 0.372 e. The standard InChI is InChI=1S/C21H28FN5/c22-19-14-24-21(25-17-9-7-16(23)8-10-17)26-20(19)15-5-4-6-18(13-15)27-11-2-1-3-12-27/h4-6,13-14,16-17H,1-3,7-12,23H2,(H,24,25,26)/t16-,17-. The second-order valence-corrected chi connectivity index (χ2v) is 7.74. The van der Waals surface area contributed by atoms with Gasteiger partial charge in [-0.2, -0.15) is 0 Å². The van der Waals surface area contributed by atoms with Gasteiger partial charge in [-0.1, -0.05) is 12.1 Å². The van der Waals surface area contributed by atoms with E-state index in [9.17, 15) is 4.39 Å². The summed E-state index contributed by atoms with van der Waals surface area (Å²) in [5.41, 5.74) is 8.27. The summed E-state index contributed by atoms with van der Waals surface area (Å²) in [5, 5.41) is 3.36. The van der Waals surface area contributed by atoms with E-state index in [4.69, 9.17) is 5.73 Å². The van der Waals surface area contributed by atoms with E-state index in [2.05, 4.69) is 26.3 Å². The Morgan fingerprint density at radius 1 is 1.07 bits per heavy atom. The van der Waals surface area contributed by atoms with Crippen molar-refractivity contribution >= 4 is 11.6 Å². The number of aromatic nitrogens is 2. The molecule has 0 radical (unpaired) electrons. The zero-order valence-electron chi connectivity index (χ0n) is 15.7. The average molecular weight is 369 g/mol. The number of nitrogens with one attached hydrogen (secondary N) is 1. The third-order valence-corrected chi connectivity index (χ3v) is 5.69. The zero-order chi connectivity index (χ0) is 18.6. The van der Waals surface area contributed by atoms with E-state index in [1.165, 1.54) is 25.5 Å². The Kier molecular flexibility index (Phi) is 5.53. The van der Waals surface area contributed by atoms with Crippen molar-refractivity contribution in [1.82, 2.24) is 9.97 Å². The highest BCUT2D eigenvalue weighted by Gasteiger charge is 2.20. The van der Waals surface area contributed by atoms with Gasteiger partial charge >= 0.3 is 0 Å². The van der Waals surface area contributed by atoms with Gasteiger partial charge in [-0.05, 0) is 57.1 Å². The van der Waals surface area contributed by atoms with Crippen LogP contribution in [-0.2, 0) is 0 Å². The first kappa shape index (κ1) is 18.2. The van der Waals surface area contributed by atoms with Crippen LogP contribution >= 0.6 is 0 Å². The van der Waals surface area contributed by atoms with E-state index in [1.54, 1.807) is 0 Å². The van der Waals surface area contributed by atoms with Crippen LogP contribution in [0.15, 0.2) is 30.5 Å². The second kappa shape index (κ2) is 8.21. The monoisotopic (exact) mass is 369 g/mol. The Balaban J connectivity index is 1.54. The highest BCUT2D eigenvalue weighted by atomic mass is 19.1. The fraction of sp³-hybridized carbons (Fsp3) is 0.524. The van der Waals surface area contributed by atoms with Crippen molar-refractivity contribution in [2.75, 3.05) is 23.3 Å². The van der Waals surface area contributed by atoms with Crippen molar-refractivity contribution < 1.29 is 4.39 Å². The topological polar surface area (TPSA) is 67.1 Å². The van der Waals surface area contributed by atoms with Gasteiger partial charge < -0.3 is 16.0 Å². The Hall–Kier alpha value is -2.21. The minimum atomic E-state index is -0.387. The molecule has 27 heavy (non-hydrogen) atoms. The lowest BCUT2D eigenvalue weighted by Crippen LogP contribution is -2.33. The average Bonchev–Trinajstić information content (AvgIpc) is 2.72. The molecule has 0 amide bonds. The summed E-state index contributed by atoms with van der Waals surface area (Å²) < 4.78 is 14.5. The molecule has 0 bridgehead atoms. The molecule has 1 aromatic carbocycles. The molecule has 2 heterocycles. The van der Waals surface area contributed by atoms with Gasteiger partial charge in [-0.15, -0.1) is 0 Å². The fourth-order valence-corrected chi connectivity index (χ4v) is 4.09. The third kappa shape index (κ3) is 4.38. The van der Waals surface area contributed by atoms with Crippen molar-refractivity contribution in [3.05, 3.63) is 36.3 Å². The molecule has 2 fully saturated rings. The molecule has 0 unspecified atom stereocenters. The van der Waals surface area contributed by atoms with Gasteiger partial charge in [0.2, 0.25) is 5.95 Å². The molecule has 1 saturated heterocycles. The highest BCUT2D eigenvalue weighted by molar-refractivity contribution is 5.67. The molecule has 144 valence electrons. The normalized spacial score (nSPS) is 23.3. The molecule has 5 nitrogen and oxygen atoms in total. The van der Waals surface area contributed by atoms with Crippen LogP contribution in [0.1, 0.15) is 44.9 Å². The van der Waals surface area contributed by atoms with E-state index in [0.29, 0.717) is 23.7 Å². The molecule has 0 atom stereocenters. The molecule has 1 aromatic heterocycles. The van der Waals surface area contributed by atoms with Crippen LogP contribution in [0.2, 0.25) is 0 Å². The summed E-state index contributed by atoms with van der Waals surface area (Å²) in [5.74, 6) is 0.109. The predicted molar refractivity (Wildman–Crippen MR) is 107 cm³/mol. The molecule has 6 heteroatoms. The van der Waals surface area contributed by atoms with E-state index in [0.717, 1.165) is 50.0 Å². The summed E-state index contributed by atoms with van der Waals surface area (Å²) in [6.07, 6.45) is 9.00. The van der Waals surface area contributed by atoms with Crippen molar-refractivity contribution in [1.29, 1.82) is 0 Å². The lowest BCUT2D eigenvalue weighted by molar-refractivity contribution is 0.409. The molecule has 3 N–H and O–H groups in total. The van der Waals surface area contributed by atoms with Gasteiger partial charge in [0.25, 0.3) is 0 Å². The number of piperidine rings is 1. The summed E-state index contributed by atoms with van der Waals surface area (Å²) in [4.78, 5) is 11.0. The third-order valence-electron chi connectivity index (χ3n) is 5.69. The molecule has 0 spiro atoms. The summed E-state index contributed by atoms with van der Waals surface area (Å²) in [6.45, 7) is 2.12. The molecule has 2 aromatic rings. The summed E-state index contributed by atoms with van der Waals surface area (Å²) in [7, 11) is 0. The minimum Gasteiger partial charge on any atom is -0.372 e. The number of halogens is 1.